The van der Waals surface area contributed by atoms with Crippen LogP contribution in [0.3, 0.4) is 0 Å². The lowest BCUT2D eigenvalue weighted by atomic mass is 9.95. The lowest BCUT2D eigenvalue weighted by Gasteiger charge is -2.43. The first kappa shape index (κ1) is 19.4. The number of rotatable bonds is 7. The summed E-state index contributed by atoms with van der Waals surface area (Å²) in [6.45, 7) is 10.2. The number of aromatic nitrogens is 2. The van der Waals surface area contributed by atoms with E-state index in [1.807, 2.05) is 6.20 Å². The van der Waals surface area contributed by atoms with Gasteiger partial charge >= 0.3 is 0 Å². The number of morpholine rings is 1. The molecule has 5 nitrogen and oxygen atoms in total. The molecule has 0 bridgehead atoms. The van der Waals surface area contributed by atoms with Crippen LogP contribution in [0.1, 0.15) is 25.8 Å². The van der Waals surface area contributed by atoms with Crippen molar-refractivity contribution >= 4 is 23.7 Å². The molecule has 2 aromatic heterocycles. The zero-order valence-electron chi connectivity index (χ0n) is 14.4. The molecule has 134 valence electrons. The van der Waals surface area contributed by atoms with E-state index in [9.17, 15) is 0 Å². The summed E-state index contributed by atoms with van der Waals surface area (Å²) in [5, 5.41) is 13.1. The van der Waals surface area contributed by atoms with Crippen LogP contribution in [0.4, 0.5) is 0 Å². The number of hydrogen-bond donors (Lipinski definition) is 2. The van der Waals surface area contributed by atoms with Gasteiger partial charge in [-0.15, -0.1) is 23.7 Å². The average molecular weight is 371 g/mol. The van der Waals surface area contributed by atoms with E-state index in [1.54, 1.807) is 11.3 Å². The summed E-state index contributed by atoms with van der Waals surface area (Å²) in [6.07, 6.45) is 3.06. The van der Waals surface area contributed by atoms with E-state index in [0.717, 1.165) is 51.5 Å². The quantitative estimate of drug-likeness (QED) is 0.786. The summed E-state index contributed by atoms with van der Waals surface area (Å²) in [4.78, 5) is 3.80. The van der Waals surface area contributed by atoms with E-state index in [4.69, 9.17) is 4.74 Å². The second-order valence-electron chi connectivity index (χ2n) is 6.30. The normalized spacial score (nSPS) is 18.1. The maximum atomic E-state index is 5.49. The first-order valence-electron chi connectivity index (χ1n) is 8.32. The highest BCUT2D eigenvalue weighted by atomic mass is 35.5. The zero-order chi connectivity index (χ0) is 16.1. The zero-order valence-corrected chi connectivity index (χ0v) is 16.0. The Morgan fingerprint density at radius 1 is 1.42 bits per heavy atom. The Kier molecular flexibility index (Phi) is 7.25. The summed E-state index contributed by atoms with van der Waals surface area (Å²) in [5.74, 6) is 0. The molecule has 2 aromatic rings. The number of aromatic amines is 1. The third kappa shape index (κ3) is 4.37. The number of thiophene rings is 1. The van der Waals surface area contributed by atoms with Crippen molar-refractivity contribution in [3.63, 3.8) is 0 Å². The van der Waals surface area contributed by atoms with Crippen molar-refractivity contribution in [2.24, 2.45) is 0 Å². The van der Waals surface area contributed by atoms with Crippen LogP contribution in [0.2, 0.25) is 0 Å². The molecule has 1 fully saturated rings. The van der Waals surface area contributed by atoms with Gasteiger partial charge in [-0.2, -0.15) is 5.10 Å². The van der Waals surface area contributed by atoms with Gasteiger partial charge in [-0.05, 0) is 24.8 Å². The molecule has 1 aliphatic heterocycles. The fourth-order valence-corrected chi connectivity index (χ4v) is 3.86. The van der Waals surface area contributed by atoms with Crippen molar-refractivity contribution in [3.8, 4) is 10.6 Å². The van der Waals surface area contributed by atoms with E-state index >= 15 is 0 Å². The highest BCUT2D eigenvalue weighted by Gasteiger charge is 2.30. The van der Waals surface area contributed by atoms with Gasteiger partial charge in [0.1, 0.15) is 0 Å². The molecule has 7 heteroatoms. The van der Waals surface area contributed by atoms with Crippen molar-refractivity contribution < 1.29 is 4.74 Å². The Morgan fingerprint density at radius 2 is 2.21 bits per heavy atom. The van der Waals surface area contributed by atoms with Gasteiger partial charge in [-0.25, -0.2) is 0 Å². The molecule has 0 aromatic carbocycles. The van der Waals surface area contributed by atoms with E-state index < -0.39 is 0 Å². The van der Waals surface area contributed by atoms with Crippen LogP contribution in [0.25, 0.3) is 10.6 Å². The van der Waals surface area contributed by atoms with Crippen LogP contribution >= 0.6 is 23.7 Å². The molecule has 1 aliphatic rings. The number of halogens is 1. The van der Waals surface area contributed by atoms with Gasteiger partial charge in [0, 0.05) is 37.3 Å². The highest BCUT2D eigenvalue weighted by molar-refractivity contribution is 7.13. The smallest absolute Gasteiger partial charge is 0.0794 e. The number of nitrogens with zero attached hydrogens (tertiary/aromatic N) is 2. The first-order valence-corrected chi connectivity index (χ1v) is 9.20. The van der Waals surface area contributed by atoms with E-state index in [2.05, 4.69) is 51.8 Å². The summed E-state index contributed by atoms with van der Waals surface area (Å²) < 4.78 is 5.49. The molecule has 0 amide bonds. The largest absolute Gasteiger partial charge is 0.379 e. The maximum Gasteiger partial charge on any atom is 0.0794 e. The molecule has 3 heterocycles. The molecule has 1 unspecified atom stereocenters. The Morgan fingerprint density at radius 3 is 2.88 bits per heavy atom. The third-order valence-corrected chi connectivity index (χ3v) is 5.73. The van der Waals surface area contributed by atoms with Crippen LogP contribution in [0.15, 0.2) is 23.7 Å². The summed E-state index contributed by atoms with van der Waals surface area (Å²) in [7, 11) is 0. The number of hydrogen-bond acceptors (Lipinski definition) is 5. The number of nitrogens with one attached hydrogen (secondary N) is 2. The minimum Gasteiger partial charge on any atom is -0.379 e. The predicted octanol–water partition coefficient (Wildman–Crippen LogP) is 3.15. The molecular formula is C17H27ClN4OS. The van der Waals surface area contributed by atoms with Crippen molar-refractivity contribution in [2.75, 3.05) is 32.8 Å². The Balaban J connectivity index is 0.00000208. The molecule has 2 N–H and O–H groups in total. The van der Waals surface area contributed by atoms with E-state index in [1.165, 1.54) is 10.4 Å². The first-order chi connectivity index (χ1) is 11.2. The Labute approximate surface area is 154 Å². The van der Waals surface area contributed by atoms with Crippen LogP contribution in [0.5, 0.6) is 0 Å². The summed E-state index contributed by atoms with van der Waals surface area (Å²) in [5.41, 5.74) is 2.54. The molecule has 1 saturated heterocycles. The number of H-pyrrole nitrogens is 1. The topological polar surface area (TPSA) is 53.2 Å². The molecule has 24 heavy (non-hydrogen) atoms. The molecule has 0 radical (unpaired) electrons. The highest BCUT2D eigenvalue weighted by Crippen LogP contribution is 2.26. The fourth-order valence-electron chi connectivity index (χ4n) is 3.11. The van der Waals surface area contributed by atoms with E-state index in [-0.39, 0.29) is 17.9 Å². The maximum absolute atomic E-state index is 5.49. The van der Waals surface area contributed by atoms with Crippen molar-refractivity contribution in [2.45, 2.75) is 32.4 Å². The van der Waals surface area contributed by atoms with Crippen molar-refractivity contribution in [3.05, 3.63) is 29.3 Å². The van der Waals surface area contributed by atoms with Gasteiger partial charge in [-0.1, -0.05) is 13.0 Å². The summed E-state index contributed by atoms with van der Waals surface area (Å²) >= 11 is 1.74. The molecule has 1 atom stereocenters. The molecule has 0 spiro atoms. The van der Waals surface area contributed by atoms with Gasteiger partial charge in [0.05, 0.1) is 30.0 Å². The predicted molar refractivity (Wildman–Crippen MR) is 102 cm³/mol. The van der Waals surface area contributed by atoms with Crippen LogP contribution in [-0.2, 0) is 11.3 Å². The van der Waals surface area contributed by atoms with Crippen LogP contribution in [-0.4, -0.2) is 53.5 Å². The lowest BCUT2D eigenvalue weighted by molar-refractivity contribution is -0.0175. The second-order valence-corrected chi connectivity index (χ2v) is 7.25. The van der Waals surface area contributed by atoms with Gasteiger partial charge in [0.25, 0.3) is 0 Å². The average Bonchev–Trinajstić information content (AvgIpc) is 3.26. The van der Waals surface area contributed by atoms with Crippen LogP contribution < -0.4 is 5.32 Å². The van der Waals surface area contributed by atoms with Gasteiger partial charge in [-0.3, -0.25) is 10.00 Å². The van der Waals surface area contributed by atoms with Gasteiger partial charge < -0.3 is 10.1 Å². The summed E-state index contributed by atoms with van der Waals surface area (Å²) in [6, 6.07) is 4.20. The monoisotopic (exact) mass is 370 g/mol. The lowest BCUT2D eigenvalue weighted by Crippen LogP contribution is -2.56. The van der Waals surface area contributed by atoms with Crippen molar-refractivity contribution in [1.29, 1.82) is 0 Å². The standard InChI is InChI=1S/C17H26N4OS.ClH/c1-3-17(2,21-6-8-22-9-7-21)13-18-11-14-12-19-20-16(14)15-5-4-10-23-15;/h4-5,10,12,18H,3,6-9,11,13H2,1-2H3,(H,19,20);1H. The van der Waals surface area contributed by atoms with Gasteiger partial charge in [0.2, 0.25) is 0 Å². The minimum atomic E-state index is 0. The second kappa shape index (κ2) is 8.97. The Hall–Kier alpha value is -0.920. The molecule has 0 aliphatic carbocycles. The minimum absolute atomic E-state index is 0. The third-order valence-electron chi connectivity index (χ3n) is 4.84. The number of ether oxygens (including phenoxy) is 1. The van der Waals surface area contributed by atoms with Crippen LogP contribution in [0, 0.1) is 0 Å². The SMILES string of the molecule is CCC(C)(CNCc1cn[nH]c1-c1cccs1)N1CCOCC1.Cl. The molecular weight excluding hydrogens is 344 g/mol. The van der Waals surface area contributed by atoms with Crippen molar-refractivity contribution in [1.82, 2.24) is 20.4 Å². The van der Waals surface area contributed by atoms with Gasteiger partial charge in [0.15, 0.2) is 0 Å². The Bertz CT molecular complexity index is 598. The molecule has 3 rings (SSSR count). The molecule has 0 saturated carbocycles. The van der Waals surface area contributed by atoms with E-state index in [0.29, 0.717) is 0 Å². The fraction of sp³-hybridized carbons (Fsp3) is 0.588.